The fraction of sp³-hybridized carbons (Fsp3) is 0.867. The lowest BCUT2D eigenvalue weighted by atomic mass is 10.1. The molecule has 0 amide bonds. The van der Waals surface area contributed by atoms with E-state index >= 15 is 0 Å². The van der Waals surface area contributed by atoms with Crippen LogP contribution in [0.1, 0.15) is 71.6 Å². The van der Waals surface area contributed by atoms with Gasteiger partial charge in [-0.15, -0.1) is 0 Å². The van der Waals surface area contributed by atoms with Gasteiger partial charge in [-0.25, -0.2) is 5.90 Å². The van der Waals surface area contributed by atoms with E-state index in [0.29, 0.717) is 12.5 Å². The van der Waals surface area contributed by atoms with Crippen molar-refractivity contribution in [2.75, 3.05) is 6.61 Å². The predicted molar refractivity (Wildman–Crippen MR) is 75.7 cm³/mol. The summed E-state index contributed by atoms with van der Waals surface area (Å²) in [7, 11) is 0. The molecule has 2 nitrogen and oxygen atoms in total. The molecule has 0 aromatic heterocycles. The minimum Gasteiger partial charge on any atom is -0.304 e. The molecule has 2 heteroatoms. The molecule has 0 spiro atoms. The minimum atomic E-state index is 0.533. The monoisotopic (exact) mass is 241 g/mol. The van der Waals surface area contributed by atoms with E-state index in [-0.39, 0.29) is 0 Å². The molecule has 0 unspecified atom stereocenters. The topological polar surface area (TPSA) is 35.2 Å². The van der Waals surface area contributed by atoms with E-state index in [1.165, 1.54) is 51.4 Å². The Morgan fingerprint density at radius 1 is 1.00 bits per heavy atom. The third-order valence-electron chi connectivity index (χ3n) is 3.06. The zero-order chi connectivity index (χ0) is 12.8. The highest BCUT2D eigenvalue weighted by atomic mass is 16.6. The number of rotatable bonds is 12. The Balaban J connectivity index is 3.13. The molecule has 0 fully saturated rings. The van der Waals surface area contributed by atoms with Crippen LogP contribution in [0.2, 0.25) is 0 Å². The first kappa shape index (κ1) is 16.7. The molecule has 0 aliphatic rings. The molecule has 0 rings (SSSR count). The fourth-order valence-electron chi connectivity index (χ4n) is 1.90. The van der Waals surface area contributed by atoms with Crippen LogP contribution in [0.3, 0.4) is 0 Å². The lowest BCUT2D eigenvalue weighted by Crippen LogP contribution is -2.08. The van der Waals surface area contributed by atoms with Crippen molar-refractivity contribution in [3.63, 3.8) is 0 Å². The maximum atomic E-state index is 5.03. The van der Waals surface area contributed by atoms with Crippen LogP contribution in [0.25, 0.3) is 0 Å². The second-order valence-electron chi connectivity index (χ2n) is 5.06. The molecule has 102 valence electrons. The molecule has 0 bridgehead atoms. The van der Waals surface area contributed by atoms with Crippen LogP contribution < -0.4 is 5.90 Å². The van der Waals surface area contributed by atoms with Crippen molar-refractivity contribution >= 4 is 0 Å². The quantitative estimate of drug-likeness (QED) is 0.308. The molecule has 1 atom stereocenters. The van der Waals surface area contributed by atoms with Gasteiger partial charge in [-0.05, 0) is 25.2 Å². The van der Waals surface area contributed by atoms with Crippen LogP contribution >= 0.6 is 0 Å². The summed E-state index contributed by atoms with van der Waals surface area (Å²) in [6.45, 7) is 5.08. The third-order valence-corrected chi connectivity index (χ3v) is 3.06. The molecule has 0 aliphatic heterocycles. The van der Waals surface area contributed by atoms with Crippen molar-refractivity contribution in [2.24, 2.45) is 11.8 Å². The highest BCUT2D eigenvalue weighted by molar-refractivity contribution is 4.83. The minimum absolute atomic E-state index is 0.533. The molecule has 0 saturated heterocycles. The van der Waals surface area contributed by atoms with Gasteiger partial charge in [0.15, 0.2) is 0 Å². The van der Waals surface area contributed by atoms with Crippen LogP contribution in [0, 0.1) is 5.92 Å². The van der Waals surface area contributed by atoms with Gasteiger partial charge in [0.25, 0.3) is 0 Å². The molecule has 0 aromatic carbocycles. The first-order valence-electron chi connectivity index (χ1n) is 7.28. The van der Waals surface area contributed by atoms with E-state index in [0.717, 1.165) is 6.42 Å². The number of hydrogen-bond acceptors (Lipinski definition) is 2. The van der Waals surface area contributed by atoms with Crippen molar-refractivity contribution in [3.05, 3.63) is 12.2 Å². The van der Waals surface area contributed by atoms with Gasteiger partial charge in [0.2, 0.25) is 0 Å². The van der Waals surface area contributed by atoms with E-state index < -0.39 is 0 Å². The molecular formula is C15H31NO. The summed E-state index contributed by atoms with van der Waals surface area (Å²) in [5.41, 5.74) is 0. The van der Waals surface area contributed by atoms with Crippen molar-refractivity contribution in [1.82, 2.24) is 0 Å². The molecular weight excluding hydrogens is 210 g/mol. The summed E-state index contributed by atoms with van der Waals surface area (Å²) >= 11 is 0. The van der Waals surface area contributed by atoms with Crippen LogP contribution in [-0.4, -0.2) is 6.61 Å². The molecule has 0 saturated carbocycles. The Bertz CT molecular complexity index is 168. The SMILES string of the molecule is CCCCCCCCC/C=C/C[C@@H](C)CON. The lowest BCUT2D eigenvalue weighted by Gasteiger charge is -2.04. The van der Waals surface area contributed by atoms with Gasteiger partial charge in [0.05, 0.1) is 6.61 Å². The second-order valence-corrected chi connectivity index (χ2v) is 5.06. The van der Waals surface area contributed by atoms with Crippen molar-refractivity contribution in [2.45, 2.75) is 71.6 Å². The van der Waals surface area contributed by atoms with E-state index in [1.54, 1.807) is 0 Å². The lowest BCUT2D eigenvalue weighted by molar-refractivity contribution is 0.108. The molecule has 0 radical (unpaired) electrons. The zero-order valence-corrected chi connectivity index (χ0v) is 11.8. The average Bonchev–Trinajstić information content (AvgIpc) is 2.32. The fourth-order valence-corrected chi connectivity index (χ4v) is 1.90. The average molecular weight is 241 g/mol. The van der Waals surface area contributed by atoms with Crippen molar-refractivity contribution in [1.29, 1.82) is 0 Å². The van der Waals surface area contributed by atoms with Gasteiger partial charge in [0, 0.05) is 0 Å². The smallest absolute Gasteiger partial charge is 0.0707 e. The van der Waals surface area contributed by atoms with Gasteiger partial charge < -0.3 is 4.84 Å². The largest absolute Gasteiger partial charge is 0.304 e. The summed E-state index contributed by atoms with van der Waals surface area (Å²) in [5.74, 6) is 5.56. The van der Waals surface area contributed by atoms with E-state index in [4.69, 9.17) is 5.90 Å². The summed E-state index contributed by atoms with van der Waals surface area (Å²) in [4.78, 5) is 4.61. The molecule has 0 aromatic rings. The number of hydrogen-bond donors (Lipinski definition) is 1. The van der Waals surface area contributed by atoms with Crippen LogP contribution in [0.4, 0.5) is 0 Å². The maximum absolute atomic E-state index is 5.03. The summed E-state index contributed by atoms with van der Waals surface area (Å²) in [6, 6.07) is 0. The number of unbranched alkanes of at least 4 members (excludes halogenated alkanes) is 7. The summed E-state index contributed by atoms with van der Waals surface area (Å²) in [6.07, 6.45) is 16.6. The highest BCUT2D eigenvalue weighted by Gasteiger charge is 1.97. The summed E-state index contributed by atoms with van der Waals surface area (Å²) < 4.78 is 0. The number of nitrogens with two attached hydrogens (primary N) is 1. The normalized spacial score (nSPS) is 13.4. The van der Waals surface area contributed by atoms with Crippen molar-refractivity contribution < 1.29 is 4.84 Å². The van der Waals surface area contributed by atoms with Gasteiger partial charge in [-0.2, -0.15) is 0 Å². The molecule has 17 heavy (non-hydrogen) atoms. The van der Waals surface area contributed by atoms with Crippen molar-refractivity contribution in [3.8, 4) is 0 Å². The second kappa shape index (κ2) is 13.7. The molecule has 0 aliphatic carbocycles. The third kappa shape index (κ3) is 13.6. The van der Waals surface area contributed by atoms with Gasteiger partial charge in [0.1, 0.15) is 0 Å². The van der Waals surface area contributed by atoms with E-state index in [2.05, 4.69) is 30.8 Å². The molecule has 2 N–H and O–H groups in total. The zero-order valence-electron chi connectivity index (χ0n) is 11.8. The molecule has 0 heterocycles. The predicted octanol–water partition coefficient (Wildman–Crippen LogP) is 4.60. The Morgan fingerprint density at radius 2 is 1.65 bits per heavy atom. The van der Waals surface area contributed by atoms with Gasteiger partial charge >= 0.3 is 0 Å². The van der Waals surface area contributed by atoms with E-state index in [1.807, 2.05) is 0 Å². The Labute approximate surface area is 108 Å². The maximum Gasteiger partial charge on any atom is 0.0707 e. The first-order chi connectivity index (χ1) is 8.31. The van der Waals surface area contributed by atoms with Crippen LogP contribution in [0.15, 0.2) is 12.2 Å². The van der Waals surface area contributed by atoms with Gasteiger partial charge in [-0.1, -0.05) is 64.5 Å². The van der Waals surface area contributed by atoms with Crippen LogP contribution in [-0.2, 0) is 4.84 Å². The first-order valence-corrected chi connectivity index (χ1v) is 7.28. The van der Waals surface area contributed by atoms with Gasteiger partial charge in [-0.3, -0.25) is 0 Å². The summed E-state index contributed by atoms with van der Waals surface area (Å²) in [5, 5.41) is 0. The number of allylic oxidation sites excluding steroid dienone is 2. The Morgan fingerprint density at radius 3 is 2.29 bits per heavy atom. The van der Waals surface area contributed by atoms with Crippen LogP contribution in [0.5, 0.6) is 0 Å². The van der Waals surface area contributed by atoms with E-state index in [9.17, 15) is 0 Å². The highest BCUT2D eigenvalue weighted by Crippen LogP contribution is 2.09. The standard InChI is InChI=1S/C15H31NO/c1-3-4-5-6-7-8-9-10-11-12-13-15(2)14-17-16/h11-12,15H,3-10,13-14,16H2,1-2H3/b12-11+/t15-/m1/s1. The Kier molecular flexibility index (Phi) is 13.4. The Hall–Kier alpha value is -0.340.